The number of nitrogens with one attached hydrogen (secondary N) is 1. The van der Waals surface area contributed by atoms with Gasteiger partial charge in [-0.2, -0.15) is 0 Å². The van der Waals surface area contributed by atoms with E-state index in [0.29, 0.717) is 5.75 Å². The molecule has 0 unspecified atom stereocenters. The number of alkyl carbamates (subject to hydrolysis) is 1. The molecule has 1 N–H and O–H groups in total. The first-order chi connectivity index (χ1) is 15.4. The number of methoxy groups -OCH3 is 2. The summed E-state index contributed by atoms with van der Waals surface area (Å²) in [7, 11) is 2.71. The molecule has 1 aromatic carbocycles. The van der Waals surface area contributed by atoms with E-state index >= 15 is 0 Å². The van der Waals surface area contributed by atoms with Gasteiger partial charge in [0.25, 0.3) is 0 Å². The first kappa shape index (κ1) is 29.9. The standard InChI is InChI=1S/C21H30NO8.3CH3.Sn/c1-20(2,3)29-18(24)22-14(17(23)27-8)11-13-9-10-15(16(12-13)26-7)28-19(25)30-21(4,5)6;;;;/h10,12,14H,11H2,1-8H3,(H,22,24);3*1H3;/t14-;;;;/m0..../s1. The van der Waals surface area contributed by atoms with Crippen LogP contribution in [0.1, 0.15) is 47.1 Å². The Morgan fingerprint density at radius 3 is 1.91 bits per heavy atom. The number of carbonyl (C=O) groups is 3. The number of hydrogen-bond acceptors (Lipinski definition) is 8. The summed E-state index contributed by atoms with van der Waals surface area (Å²) in [5, 5.41) is 2.60. The van der Waals surface area contributed by atoms with Crippen molar-refractivity contribution in [2.45, 2.75) is 80.0 Å². The van der Waals surface area contributed by atoms with Crippen LogP contribution in [0.25, 0.3) is 0 Å². The van der Waals surface area contributed by atoms with E-state index < -0.39 is 53.8 Å². The van der Waals surface area contributed by atoms with Crippen LogP contribution in [-0.2, 0) is 25.4 Å². The third kappa shape index (κ3) is 9.98. The molecule has 0 aliphatic rings. The molecule has 1 amide bonds. The summed E-state index contributed by atoms with van der Waals surface area (Å²) < 4.78 is 27.4. The van der Waals surface area contributed by atoms with Crippen molar-refractivity contribution >= 4 is 40.2 Å². The summed E-state index contributed by atoms with van der Waals surface area (Å²) in [4.78, 5) is 43.7. The maximum atomic E-state index is 12.5. The van der Waals surface area contributed by atoms with Gasteiger partial charge in [0.15, 0.2) is 0 Å². The van der Waals surface area contributed by atoms with Gasteiger partial charge in [-0.3, -0.25) is 0 Å². The topological polar surface area (TPSA) is 109 Å². The summed E-state index contributed by atoms with van der Waals surface area (Å²) in [6, 6.07) is 2.52. The van der Waals surface area contributed by atoms with Gasteiger partial charge in [-0.1, -0.05) is 0 Å². The molecular formula is C24H39NO8Sn. The molecular weight excluding hydrogens is 549 g/mol. The monoisotopic (exact) mass is 589 g/mol. The van der Waals surface area contributed by atoms with Crippen molar-refractivity contribution in [2.24, 2.45) is 0 Å². The minimum absolute atomic E-state index is 0.151. The minimum atomic E-state index is -2.84. The first-order valence-corrected chi connectivity index (χ1v) is 21.0. The molecule has 0 saturated heterocycles. The molecule has 0 saturated carbocycles. The average molecular weight is 588 g/mol. The fourth-order valence-corrected chi connectivity index (χ4v) is 7.93. The zero-order valence-electron chi connectivity index (χ0n) is 22.2. The van der Waals surface area contributed by atoms with Gasteiger partial charge in [-0.15, -0.1) is 0 Å². The van der Waals surface area contributed by atoms with E-state index in [9.17, 15) is 14.4 Å². The fraction of sp³-hybridized carbons (Fsp3) is 0.625. The van der Waals surface area contributed by atoms with Crippen LogP contribution in [-0.4, -0.2) is 68.1 Å². The number of hydrogen-bond donors (Lipinski definition) is 1. The van der Waals surface area contributed by atoms with Crippen molar-refractivity contribution < 1.29 is 38.1 Å². The average Bonchev–Trinajstić information content (AvgIpc) is 2.63. The number of ether oxygens (including phenoxy) is 5. The van der Waals surface area contributed by atoms with Gasteiger partial charge < -0.3 is 0 Å². The Morgan fingerprint density at radius 1 is 0.912 bits per heavy atom. The van der Waals surface area contributed by atoms with Crippen LogP contribution in [0, 0.1) is 0 Å². The van der Waals surface area contributed by atoms with Gasteiger partial charge >= 0.3 is 207 Å². The first-order valence-electron chi connectivity index (χ1n) is 11.1. The molecule has 0 heterocycles. The molecule has 0 aromatic heterocycles. The molecule has 1 aromatic rings. The molecule has 0 aliphatic heterocycles. The second kappa shape index (κ2) is 11.5. The zero-order chi connectivity index (χ0) is 26.5. The molecule has 0 aliphatic carbocycles. The Labute approximate surface area is 206 Å². The van der Waals surface area contributed by atoms with E-state index in [2.05, 4.69) is 20.1 Å². The van der Waals surface area contributed by atoms with Crippen molar-refractivity contribution in [1.82, 2.24) is 5.32 Å². The Balaban J connectivity index is 3.39. The molecule has 0 bridgehead atoms. The van der Waals surface area contributed by atoms with Crippen molar-refractivity contribution in [3.05, 3.63) is 17.7 Å². The van der Waals surface area contributed by atoms with E-state index in [1.807, 2.05) is 0 Å². The van der Waals surface area contributed by atoms with Gasteiger partial charge in [0.1, 0.15) is 0 Å². The summed E-state index contributed by atoms with van der Waals surface area (Å²) in [5.41, 5.74) is -0.637. The van der Waals surface area contributed by atoms with Gasteiger partial charge in [0, 0.05) is 0 Å². The van der Waals surface area contributed by atoms with Crippen LogP contribution >= 0.6 is 0 Å². The third-order valence-electron chi connectivity index (χ3n) is 4.38. The third-order valence-corrected chi connectivity index (χ3v) is 10.3. The number of carbonyl (C=O) groups excluding carboxylic acids is 3. The second-order valence-electron chi connectivity index (χ2n) is 10.9. The molecule has 1 atom stereocenters. The van der Waals surface area contributed by atoms with Gasteiger partial charge in [0.05, 0.1) is 0 Å². The van der Waals surface area contributed by atoms with Gasteiger partial charge in [-0.25, -0.2) is 0 Å². The van der Waals surface area contributed by atoms with Crippen LogP contribution in [0.15, 0.2) is 12.1 Å². The van der Waals surface area contributed by atoms with Crippen LogP contribution in [0.2, 0.25) is 14.8 Å². The van der Waals surface area contributed by atoms with Crippen LogP contribution in [0.5, 0.6) is 11.5 Å². The van der Waals surface area contributed by atoms with Gasteiger partial charge in [0.2, 0.25) is 0 Å². The number of esters is 1. The molecule has 34 heavy (non-hydrogen) atoms. The molecule has 10 heteroatoms. The molecule has 192 valence electrons. The number of benzene rings is 1. The maximum absolute atomic E-state index is 12.5. The Kier molecular flexibility index (Phi) is 10.1. The van der Waals surface area contributed by atoms with E-state index in [0.717, 1.165) is 9.14 Å². The molecule has 0 fully saturated rings. The summed E-state index contributed by atoms with van der Waals surface area (Å²) in [6.45, 7) is 10.4. The van der Waals surface area contributed by atoms with E-state index in [-0.39, 0.29) is 12.2 Å². The molecule has 0 radical (unpaired) electrons. The van der Waals surface area contributed by atoms with Crippen molar-refractivity contribution in [3.8, 4) is 11.5 Å². The van der Waals surface area contributed by atoms with E-state index in [1.54, 1.807) is 53.7 Å². The predicted molar refractivity (Wildman–Crippen MR) is 132 cm³/mol. The summed E-state index contributed by atoms with van der Waals surface area (Å²) in [6.07, 6.45) is -1.41. The van der Waals surface area contributed by atoms with Crippen molar-refractivity contribution in [2.75, 3.05) is 14.2 Å². The molecule has 9 nitrogen and oxygen atoms in total. The summed E-state index contributed by atoms with van der Waals surface area (Å²) in [5.74, 6) is -0.0631. The van der Waals surface area contributed by atoms with Crippen LogP contribution < -0.4 is 18.4 Å². The van der Waals surface area contributed by atoms with Crippen LogP contribution in [0.4, 0.5) is 9.59 Å². The van der Waals surface area contributed by atoms with Crippen molar-refractivity contribution in [1.29, 1.82) is 0 Å². The van der Waals surface area contributed by atoms with Gasteiger partial charge in [-0.05, 0) is 0 Å². The molecule has 1 rings (SSSR count). The Morgan fingerprint density at radius 2 is 1.47 bits per heavy atom. The quantitative estimate of drug-likeness (QED) is 0.219. The Bertz CT molecular complexity index is 894. The number of amides is 1. The van der Waals surface area contributed by atoms with E-state index in [4.69, 9.17) is 23.7 Å². The zero-order valence-corrected chi connectivity index (χ0v) is 25.1. The Hall–Kier alpha value is -2.17. The molecule has 0 spiro atoms. The van der Waals surface area contributed by atoms with E-state index in [1.165, 1.54) is 14.2 Å². The van der Waals surface area contributed by atoms with Crippen molar-refractivity contribution in [3.63, 3.8) is 0 Å². The fourth-order valence-electron chi connectivity index (χ4n) is 3.07. The van der Waals surface area contributed by atoms with Crippen LogP contribution in [0.3, 0.4) is 0 Å². The normalized spacial score (nSPS) is 12.9. The SMILES string of the molecule is COC(=O)[C@H](Cc1cc(OC)c(OC(=O)OC(C)(C)C)c[c]1[Sn]([CH3])([CH3])[CH3])NC(=O)OC(C)(C)C. The predicted octanol–water partition coefficient (Wildman–Crippen LogP) is 4.16. The second-order valence-corrected chi connectivity index (χ2v) is 25.3. The number of rotatable bonds is 7. The summed E-state index contributed by atoms with van der Waals surface area (Å²) >= 11 is -2.84.